The molecule has 2 aromatic carbocycles. The average Bonchev–Trinajstić information content (AvgIpc) is 3.30. The van der Waals surface area contributed by atoms with E-state index in [1.807, 2.05) is 0 Å². The first-order valence-electron chi connectivity index (χ1n) is 8.92. The number of aromatic nitrogens is 4. The number of hydrogen-bond donors (Lipinski definition) is 0. The summed E-state index contributed by atoms with van der Waals surface area (Å²) in [5.41, 5.74) is 0.270. The molecule has 168 valence electrons. The molecule has 0 saturated carbocycles. The van der Waals surface area contributed by atoms with E-state index in [4.69, 9.17) is 9.47 Å². The highest BCUT2D eigenvalue weighted by atomic mass is 32.2. The predicted octanol–water partition coefficient (Wildman–Crippen LogP) is 1.63. The van der Waals surface area contributed by atoms with Crippen molar-refractivity contribution < 1.29 is 36.2 Å². The third-order valence-electron chi connectivity index (χ3n) is 4.64. The highest BCUT2D eigenvalue weighted by Crippen LogP contribution is 2.39. The zero-order chi connectivity index (χ0) is 23.0. The van der Waals surface area contributed by atoms with E-state index < -0.39 is 29.1 Å². The van der Waals surface area contributed by atoms with E-state index in [-0.39, 0.29) is 33.5 Å². The lowest BCUT2D eigenvalue weighted by Crippen LogP contribution is -2.30. The Bertz CT molecular complexity index is 1280. The lowest BCUT2D eigenvalue weighted by Gasteiger charge is -2.14. The third-order valence-corrected chi connectivity index (χ3v) is 6.41. The molecule has 0 saturated heterocycles. The van der Waals surface area contributed by atoms with Crippen LogP contribution in [0.2, 0.25) is 0 Å². The highest BCUT2D eigenvalue weighted by molar-refractivity contribution is 7.90. The van der Waals surface area contributed by atoms with Crippen LogP contribution in [0.25, 0.3) is 5.69 Å². The van der Waals surface area contributed by atoms with Crippen LogP contribution in [0.1, 0.15) is 16.2 Å². The molecule has 32 heavy (non-hydrogen) atoms. The van der Waals surface area contributed by atoms with Crippen molar-refractivity contribution in [1.29, 1.82) is 0 Å². The number of amides is 1. The second-order valence-corrected chi connectivity index (χ2v) is 8.23. The third kappa shape index (κ3) is 3.57. The number of nitrogens with zero attached hydrogens (tertiary/aromatic N) is 5. The molecule has 2 heterocycles. The quantitative estimate of drug-likeness (QED) is 0.510. The molecule has 0 aliphatic carbocycles. The van der Waals surface area contributed by atoms with E-state index in [2.05, 4.69) is 20.3 Å². The first-order valence-corrected chi connectivity index (χ1v) is 10.4. The number of methoxy groups -OCH3 is 2. The fourth-order valence-corrected chi connectivity index (χ4v) is 4.68. The SMILES string of the molecule is COc1cc2c(cc1OC)S(=O)(=O)N(Cc1nnnn1-c1ccc(OC(F)F)cc1)C2=O. The Hall–Kier alpha value is -3.81. The summed E-state index contributed by atoms with van der Waals surface area (Å²) in [6.07, 6.45) is 0. The zero-order valence-corrected chi connectivity index (χ0v) is 17.4. The Morgan fingerprint density at radius 2 is 1.72 bits per heavy atom. The molecule has 0 unspecified atom stereocenters. The number of halogens is 2. The van der Waals surface area contributed by atoms with Crippen molar-refractivity contribution in [3.63, 3.8) is 0 Å². The van der Waals surface area contributed by atoms with Gasteiger partial charge in [0, 0.05) is 6.07 Å². The van der Waals surface area contributed by atoms with E-state index in [0.717, 1.165) is 0 Å². The summed E-state index contributed by atoms with van der Waals surface area (Å²) in [7, 11) is -1.51. The summed E-state index contributed by atoms with van der Waals surface area (Å²) < 4.78 is 67.1. The number of fused-ring (bicyclic) bond motifs is 1. The Morgan fingerprint density at radius 3 is 2.34 bits per heavy atom. The lowest BCUT2D eigenvalue weighted by atomic mass is 10.2. The van der Waals surface area contributed by atoms with Crippen LogP contribution >= 0.6 is 0 Å². The topological polar surface area (TPSA) is 126 Å². The minimum Gasteiger partial charge on any atom is -0.493 e. The number of carbonyl (C=O) groups is 1. The standard InChI is InChI=1S/C18H15F2N5O6S/c1-29-13-7-12-15(8-14(13)30-2)32(27,28)24(17(12)26)9-16-21-22-23-25(16)10-3-5-11(6-4-10)31-18(19)20/h3-8,18H,9H2,1-2H3. The Kier molecular flexibility index (Phi) is 5.38. The van der Waals surface area contributed by atoms with Gasteiger partial charge in [0.1, 0.15) is 10.6 Å². The first kappa shape index (κ1) is 21.4. The summed E-state index contributed by atoms with van der Waals surface area (Å²) in [4.78, 5) is 12.7. The van der Waals surface area contributed by atoms with Gasteiger partial charge in [-0.2, -0.15) is 13.5 Å². The van der Waals surface area contributed by atoms with E-state index >= 15 is 0 Å². The van der Waals surface area contributed by atoms with Gasteiger partial charge in [0.2, 0.25) is 0 Å². The maximum absolute atomic E-state index is 13.0. The molecule has 0 spiro atoms. The van der Waals surface area contributed by atoms with Crippen LogP contribution in [0.3, 0.4) is 0 Å². The molecular weight excluding hydrogens is 452 g/mol. The monoisotopic (exact) mass is 467 g/mol. The van der Waals surface area contributed by atoms with Crippen molar-refractivity contribution in [2.45, 2.75) is 18.1 Å². The van der Waals surface area contributed by atoms with Crippen molar-refractivity contribution in [1.82, 2.24) is 24.5 Å². The second-order valence-electron chi connectivity index (χ2n) is 6.40. The van der Waals surface area contributed by atoms with Gasteiger partial charge < -0.3 is 14.2 Å². The Morgan fingerprint density at radius 1 is 1.06 bits per heavy atom. The molecule has 1 amide bonds. The van der Waals surface area contributed by atoms with Crippen LogP contribution in [0.5, 0.6) is 17.2 Å². The number of ether oxygens (including phenoxy) is 3. The van der Waals surface area contributed by atoms with Crippen LogP contribution < -0.4 is 14.2 Å². The fourth-order valence-electron chi connectivity index (χ4n) is 3.16. The molecule has 0 atom stereocenters. The largest absolute Gasteiger partial charge is 0.493 e. The summed E-state index contributed by atoms with van der Waals surface area (Å²) in [6.45, 7) is -3.45. The molecule has 1 aliphatic rings. The van der Waals surface area contributed by atoms with Crippen molar-refractivity contribution in [3.05, 3.63) is 47.8 Å². The molecule has 1 aromatic heterocycles. The van der Waals surface area contributed by atoms with E-state index in [9.17, 15) is 22.0 Å². The van der Waals surface area contributed by atoms with Crippen LogP contribution in [0.15, 0.2) is 41.3 Å². The van der Waals surface area contributed by atoms with E-state index in [0.29, 0.717) is 9.99 Å². The summed E-state index contributed by atoms with van der Waals surface area (Å²) in [6, 6.07) is 7.87. The number of rotatable bonds is 7. The highest BCUT2D eigenvalue weighted by Gasteiger charge is 2.43. The zero-order valence-electron chi connectivity index (χ0n) is 16.6. The number of sulfonamides is 1. The van der Waals surface area contributed by atoms with E-state index in [1.165, 1.54) is 55.3 Å². The maximum atomic E-state index is 13.0. The smallest absolute Gasteiger partial charge is 0.387 e. The molecule has 0 N–H and O–H groups in total. The fraction of sp³-hybridized carbons (Fsp3) is 0.222. The molecule has 0 bridgehead atoms. The van der Waals surface area contributed by atoms with Crippen LogP contribution in [0, 0.1) is 0 Å². The van der Waals surface area contributed by atoms with Gasteiger partial charge in [-0.3, -0.25) is 4.79 Å². The van der Waals surface area contributed by atoms with Gasteiger partial charge >= 0.3 is 6.61 Å². The second kappa shape index (κ2) is 8.03. The maximum Gasteiger partial charge on any atom is 0.387 e. The molecule has 0 radical (unpaired) electrons. The van der Waals surface area contributed by atoms with Crippen molar-refractivity contribution in [2.24, 2.45) is 0 Å². The predicted molar refractivity (Wildman–Crippen MR) is 102 cm³/mol. The summed E-state index contributed by atoms with van der Waals surface area (Å²) in [5.74, 6) is -0.477. The van der Waals surface area contributed by atoms with Gasteiger partial charge in [-0.1, -0.05) is 0 Å². The van der Waals surface area contributed by atoms with E-state index in [1.54, 1.807) is 0 Å². The average molecular weight is 467 g/mol. The van der Waals surface area contributed by atoms with Gasteiger partial charge in [0.25, 0.3) is 15.9 Å². The molecule has 0 fully saturated rings. The minimum atomic E-state index is -4.21. The number of alkyl halides is 2. The minimum absolute atomic E-state index is 0.0242. The Labute approximate surface area is 180 Å². The van der Waals surface area contributed by atoms with Crippen molar-refractivity contribution >= 4 is 15.9 Å². The number of benzene rings is 2. The van der Waals surface area contributed by atoms with Crippen LogP contribution in [0.4, 0.5) is 8.78 Å². The number of carbonyl (C=O) groups excluding carboxylic acids is 1. The Balaban J connectivity index is 1.66. The van der Waals surface area contributed by atoms with Crippen molar-refractivity contribution in [2.75, 3.05) is 14.2 Å². The molecular formula is C18H15F2N5O6S. The van der Waals surface area contributed by atoms with Gasteiger partial charge in [-0.15, -0.1) is 5.10 Å². The van der Waals surface area contributed by atoms with Crippen LogP contribution in [-0.4, -0.2) is 59.7 Å². The lowest BCUT2D eigenvalue weighted by molar-refractivity contribution is -0.0498. The van der Waals surface area contributed by atoms with Gasteiger partial charge in [-0.25, -0.2) is 12.7 Å². The van der Waals surface area contributed by atoms with Gasteiger partial charge in [-0.05, 0) is 40.8 Å². The summed E-state index contributed by atoms with van der Waals surface area (Å²) in [5, 5.41) is 11.1. The molecule has 3 aromatic rings. The van der Waals surface area contributed by atoms with Gasteiger partial charge in [0.15, 0.2) is 17.3 Å². The first-order chi connectivity index (χ1) is 15.3. The molecule has 1 aliphatic heterocycles. The molecule has 4 rings (SSSR count). The number of hydrogen-bond acceptors (Lipinski definition) is 9. The van der Waals surface area contributed by atoms with Gasteiger partial charge in [0.05, 0.1) is 32.0 Å². The van der Waals surface area contributed by atoms with Crippen molar-refractivity contribution in [3.8, 4) is 22.9 Å². The normalized spacial score (nSPS) is 14.5. The number of tetrazole rings is 1. The molecule has 14 heteroatoms. The summed E-state index contributed by atoms with van der Waals surface area (Å²) >= 11 is 0. The molecule has 11 nitrogen and oxygen atoms in total. The van der Waals surface area contributed by atoms with Crippen LogP contribution in [-0.2, 0) is 16.6 Å².